The number of nitrogens with zero attached hydrogens (tertiary/aromatic N) is 2. The molecule has 0 radical (unpaired) electrons. The number of pyridine rings is 1. The molecule has 8 heteroatoms. The summed E-state index contributed by atoms with van der Waals surface area (Å²) in [6, 6.07) is 3.38. The minimum Gasteiger partial charge on any atom is -0.384 e. The quantitative estimate of drug-likeness (QED) is 0.734. The third-order valence-corrected chi connectivity index (χ3v) is 4.11. The lowest BCUT2D eigenvalue weighted by Gasteiger charge is -2.16. The van der Waals surface area contributed by atoms with E-state index in [-0.39, 0.29) is 18.9 Å². The number of anilines is 1. The van der Waals surface area contributed by atoms with Crippen molar-refractivity contribution >= 4 is 21.7 Å². The van der Waals surface area contributed by atoms with Gasteiger partial charge in [-0.25, -0.2) is 18.5 Å². The highest BCUT2D eigenvalue weighted by atomic mass is 32.2. The third kappa shape index (κ3) is 2.77. The molecule has 1 aliphatic heterocycles. The molecule has 1 aromatic rings. The first-order valence-corrected chi connectivity index (χ1v) is 6.97. The first kappa shape index (κ1) is 12.8. The van der Waals surface area contributed by atoms with E-state index in [4.69, 9.17) is 10.9 Å². The van der Waals surface area contributed by atoms with Crippen LogP contribution in [0.5, 0.6) is 0 Å². The van der Waals surface area contributed by atoms with E-state index >= 15 is 0 Å². The van der Waals surface area contributed by atoms with Gasteiger partial charge in [0.1, 0.15) is 11.1 Å². The first-order valence-electron chi connectivity index (χ1n) is 5.36. The number of nitrogens with two attached hydrogens (primary N) is 2. The van der Waals surface area contributed by atoms with Gasteiger partial charge in [0.2, 0.25) is 15.9 Å². The van der Waals surface area contributed by atoms with Crippen LogP contribution in [-0.2, 0) is 21.4 Å². The van der Waals surface area contributed by atoms with Gasteiger partial charge in [-0.05, 0) is 17.7 Å². The molecule has 1 unspecified atom stereocenters. The van der Waals surface area contributed by atoms with E-state index in [9.17, 15) is 13.2 Å². The molecule has 1 aliphatic rings. The van der Waals surface area contributed by atoms with Crippen molar-refractivity contribution in [1.29, 1.82) is 0 Å². The molecule has 7 nitrogen and oxygen atoms in total. The predicted octanol–water partition coefficient (Wildman–Crippen LogP) is -0.947. The van der Waals surface area contributed by atoms with E-state index in [1.807, 2.05) is 0 Å². The van der Waals surface area contributed by atoms with Gasteiger partial charge in [0.25, 0.3) is 0 Å². The highest BCUT2D eigenvalue weighted by Crippen LogP contribution is 2.19. The minimum atomic E-state index is -3.67. The van der Waals surface area contributed by atoms with Crippen molar-refractivity contribution in [3.63, 3.8) is 0 Å². The standard InChI is InChI=1S/C10H14N4O3S/c11-9-3-7(1-2-13-9)5-14-6-8(4-10(14)15)18(12,16)17/h1-3,8H,4-6H2,(H2,11,13)(H2,12,16,17). The van der Waals surface area contributed by atoms with E-state index in [1.54, 1.807) is 18.3 Å². The Hall–Kier alpha value is -1.67. The second kappa shape index (κ2) is 4.54. The molecule has 0 saturated carbocycles. The molecule has 1 saturated heterocycles. The van der Waals surface area contributed by atoms with Gasteiger partial charge in [0.15, 0.2) is 0 Å². The maximum atomic E-state index is 11.7. The fourth-order valence-corrected chi connectivity index (χ4v) is 2.68. The molecule has 0 aromatic carbocycles. The van der Waals surface area contributed by atoms with Gasteiger partial charge in [0.05, 0.1) is 0 Å². The molecule has 1 amide bonds. The van der Waals surface area contributed by atoms with E-state index in [2.05, 4.69) is 4.98 Å². The summed E-state index contributed by atoms with van der Waals surface area (Å²) in [6.07, 6.45) is 1.49. The van der Waals surface area contributed by atoms with Crippen LogP contribution in [0.25, 0.3) is 0 Å². The molecule has 0 aliphatic carbocycles. The summed E-state index contributed by atoms with van der Waals surface area (Å²) >= 11 is 0. The number of sulfonamides is 1. The zero-order valence-corrected chi connectivity index (χ0v) is 10.4. The van der Waals surface area contributed by atoms with Crippen molar-refractivity contribution in [1.82, 2.24) is 9.88 Å². The number of amides is 1. The molecule has 2 rings (SSSR count). The lowest BCUT2D eigenvalue weighted by Crippen LogP contribution is -2.31. The number of carbonyl (C=O) groups is 1. The van der Waals surface area contributed by atoms with Gasteiger partial charge < -0.3 is 10.6 Å². The number of carbonyl (C=O) groups excluding carboxylic acids is 1. The van der Waals surface area contributed by atoms with E-state index in [0.29, 0.717) is 12.4 Å². The SMILES string of the molecule is Nc1cc(CN2CC(S(N)(=O)=O)CC2=O)ccn1. The number of hydrogen-bond acceptors (Lipinski definition) is 5. The monoisotopic (exact) mass is 270 g/mol. The molecular formula is C10H14N4O3S. The van der Waals surface area contributed by atoms with Gasteiger partial charge in [-0.3, -0.25) is 4.79 Å². The fraction of sp³-hybridized carbons (Fsp3) is 0.400. The van der Waals surface area contributed by atoms with Crippen molar-refractivity contribution in [2.45, 2.75) is 18.2 Å². The maximum absolute atomic E-state index is 11.7. The molecule has 1 atom stereocenters. The van der Waals surface area contributed by atoms with Crippen LogP contribution in [0.4, 0.5) is 5.82 Å². The van der Waals surface area contributed by atoms with Crippen LogP contribution < -0.4 is 10.9 Å². The maximum Gasteiger partial charge on any atom is 0.224 e. The van der Waals surface area contributed by atoms with Crippen molar-refractivity contribution in [2.75, 3.05) is 12.3 Å². The summed E-state index contributed by atoms with van der Waals surface area (Å²) in [5.41, 5.74) is 6.34. The Kier molecular flexibility index (Phi) is 3.22. The third-order valence-electron chi connectivity index (χ3n) is 2.86. The lowest BCUT2D eigenvalue weighted by molar-refractivity contribution is -0.128. The van der Waals surface area contributed by atoms with Gasteiger partial charge in [0, 0.05) is 25.7 Å². The van der Waals surface area contributed by atoms with Crippen LogP contribution >= 0.6 is 0 Å². The lowest BCUT2D eigenvalue weighted by atomic mass is 10.2. The Morgan fingerprint density at radius 1 is 1.50 bits per heavy atom. The summed E-state index contributed by atoms with van der Waals surface area (Å²) in [7, 11) is -3.67. The molecule has 1 aromatic heterocycles. The van der Waals surface area contributed by atoms with Crippen molar-refractivity contribution < 1.29 is 13.2 Å². The largest absolute Gasteiger partial charge is 0.384 e. The van der Waals surface area contributed by atoms with Crippen LogP contribution in [0.1, 0.15) is 12.0 Å². The van der Waals surface area contributed by atoms with Crippen molar-refractivity contribution in [2.24, 2.45) is 5.14 Å². The topological polar surface area (TPSA) is 119 Å². The highest BCUT2D eigenvalue weighted by Gasteiger charge is 2.36. The molecular weight excluding hydrogens is 256 g/mol. The van der Waals surface area contributed by atoms with Crippen LogP contribution in [0.15, 0.2) is 18.3 Å². The van der Waals surface area contributed by atoms with E-state index < -0.39 is 15.3 Å². The molecule has 18 heavy (non-hydrogen) atoms. The second-order valence-electron chi connectivity index (χ2n) is 4.28. The summed E-state index contributed by atoms with van der Waals surface area (Å²) in [6.45, 7) is 0.442. The Bertz CT molecular complexity index is 572. The summed E-state index contributed by atoms with van der Waals surface area (Å²) in [4.78, 5) is 17.0. The van der Waals surface area contributed by atoms with Gasteiger partial charge >= 0.3 is 0 Å². The molecule has 98 valence electrons. The molecule has 2 heterocycles. The number of aromatic nitrogens is 1. The average molecular weight is 270 g/mol. The van der Waals surface area contributed by atoms with Crippen LogP contribution in [0, 0.1) is 0 Å². The number of nitrogen functional groups attached to an aromatic ring is 1. The minimum absolute atomic E-state index is 0.0562. The van der Waals surface area contributed by atoms with E-state index in [0.717, 1.165) is 5.56 Å². The molecule has 1 fully saturated rings. The van der Waals surface area contributed by atoms with Crippen molar-refractivity contribution in [3.8, 4) is 0 Å². The molecule has 0 spiro atoms. The van der Waals surface area contributed by atoms with Gasteiger partial charge in [-0.1, -0.05) is 0 Å². The smallest absolute Gasteiger partial charge is 0.224 e. The van der Waals surface area contributed by atoms with Gasteiger partial charge in [-0.2, -0.15) is 0 Å². The zero-order chi connectivity index (χ0) is 13.3. The first-order chi connectivity index (χ1) is 8.36. The van der Waals surface area contributed by atoms with Crippen LogP contribution in [0.2, 0.25) is 0 Å². The number of primary sulfonamides is 1. The summed E-state index contributed by atoms with van der Waals surface area (Å²) in [5.74, 6) is 0.145. The Morgan fingerprint density at radius 2 is 2.22 bits per heavy atom. The molecule has 4 N–H and O–H groups in total. The number of hydrogen-bond donors (Lipinski definition) is 2. The normalized spacial score (nSPS) is 20.4. The number of likely N-dealkylation sites (tertiary alicyclic amines) is 1. The predicted molar refractivity (Wildman–Crippen MR) is 65.6 cm³/mol. The Labute approximate surface area is 105 Å². The zero-order valence-electron chi connectivity index (χ0n) is 9.61. The van der Waals surface area contributed by atoms with Gasteiger partial charge in [-0.15, -0.1) is 0 Å². The fourth-order valence-electron chi connectivity index (χ4n) is 1.92. The van der Waals surface area contributed by atoms with Crippen LogP contribution in [-0.4, -0.2) is 36.0 Å². The second-order valence-corrected chi connectivity index (χ2v) is 6.12. The van der Waals surface area contributed by atoms with E-state index in [1.165, 1.54) is 4.90 Å². The average Bonchev–Trinajstić information content (AvgIpc) is 2.60. The summed E-state index contributed by atoms with van der Waals surface area (Å²) < 4.78 is 22.4. The number of rotatable bonds is 3. The van der Waals surface area contributed by atoms with Crippen LogP contribution in [0.3, 0.4) is 0 Å². The van der Waals surface area contributed by atoms with Crippen molar-refractivity contribution in [3.05, 3.63) is 23.9 Å². The Morgan fingerprint density at radius 3 is 2.78 bits per heavy atom. The Balaban J connectivity index is 2.10. The highest BCUT2D eigenvalue weighted by molar-refractivity contribution is 7.89. The molecule has 0 bridgehead atoms. The summed E-state index contributed by atoms with van der Waals surface area (Å²) in [5, 5.41) is 4.23.